The molecule has 1 rings (SSSR count). The predicted molar refractivity (Wildman–Crippen MR) is 110 cm³/mol. The van der Waals surface area contributed by atoms with Crippen molar-refractivity contribution in [3.8, 4) is 0 Å². The first-order chi connectivity index (χ1) is 12.3. The van der Waals surface area contributed by atoms with Crippen molar-refractivity contribution in [3.05, 3.63) is 29.8 Å². The Bertz CT molecular complexity index is 637. The topological polar surface area (TPSA) is 105 Å². The highest BCUT2D eigenvalue weighted by atomic mass is 35.5. The van der Waals surface area contributed by atoms with Crippen LogP contribution in [-0.4, -0.2) is 48.3 Å². The lowest BCUT2D eigenvalue weighted by Crippen LogP contribution is -2.49. The molecule has 0 aliphatic rings. The smallest absolute Gasteiger partial charge is 0.244 e. The number of carbonyl (C=O) groups excluding carboxylic acids is 3. The fourth-order valence-corrected chi connectivity index (χ4v) is 2.33. The fourth-order valence-electron chi connectivity index (χ4n) is 2.33. The minimum Gasteiger partial charge on any atom is -0.346 e. The molecule has 0 fully saturated rings. The molecule has 0 unspecified atom stereocenters. The number of aryl methyl sites for hydroxylation is 1. The van der Waals surface area contributed by atoms with Gasteiger partial charge < -0.3 is 21.3 Å². The second-order valence-electron chi connectivity index (χ2n) is 6.67. The van der Waals surface area contributed by atoms with E-state index < -0.39 is 6.04 Å². The molecule has 0 spiro atoms. The Morgan fingerprint density at radius 3 is 2.37 bits per heavy atom. The Balaban J connectivity index is 0.00000676. The summed E-state index contributed by atoms with van der Waals surface area (Å²) in [7, 11) is 0. The molecular weight excluding hydrogens is 368 g/mol. The minimum atomic E-state index is -0.660. The molecule has 0 bridgehead atoms. The maximum atomic E-state index is 12.4. The van der Waals surface area contributed by atoms with Crippen molar-refractivity contribution in [1.82, 2.24) is 10.2 Å². The van der Waals surface area contributed by atoms with Gasteiger partial charge in [0.25, 0.3) is 0 Å². The van der Waals surface area contributed by atoms with Gasteiger partial charge >= 0.3 is 0 Å². The normalized spacial score (nSPS) is 11.3. The summed E-state index contributed by atoms with van der Waals surface area (Å²) in [6, 6.07) is 6.78. The number of hydrogen-bond donors (Lipinski definition) is 3. The van der Waals surface area contributed by atoms with Crippen LogP contribution in [0.25, 0.3) is 0 Å². The molecule has 7 nitrogen and oxygen atoms in total. The Hall–Kier alpha value is -2.12. The van der Waals surface area contributed by atoms with Crippen LogP contribution < -0.4 is 16.4 Å². The van der Waals surface area contributed by atoms with Crippen LogP contribution >= 0.6 is 12.4 Å². The number of para-hydroxylation sites is 1. The number of nitrogens with zero attached hydrogens (tertiary/aromatic N) is 1. The van der Waals surface area contributed by atoms with E-state index in [0.29, 0.717) is 13.0 Å². The van der Waals surface area contributed by atoms with Crippen LogP contribution in [0.2, 0.25) is 0 Å². The third kappa shape index (κ3) is 8.41. The van der Waals surface area contributed by atoms with Gasteiger partial charge in [-0.05, 0) is 30.9 Å². The fraction of sp³-hybridized carbons (Fsp3) is 0.526. The third-order valence-electron chi connectivity index (χ3n) is 4.03. The summed E-state index contributed by atoms with van der Waals surface area (Å²) >= 11 is 0. The summed E-state index contributed by atoms with van der Waals surface area (Å²) in [4.78, 5) is 38.0. The lowest BCUT2D eigenvalue weighted by atomic mass is 10.1. The highest BCUT2D eigenvalue weighted by Crippen LogP contribution is 2.13. The number of nitrogens with one attached hydrogen (secondary N) is 2. The summed E-state index contributed by atoms with van der Waals surface area (Å²) in [5.74, 6) is -0.965. The van der Waals surface area contributed by atoms with Crippen molar-refractivity contribution in [2.75, 3.05) is 25.0 Å². The molecule has 0 aromatic heterocycles. The van der Waals surface area contributed by atoms with Gasteiger partial charge in [-0.15, -0.1) is 12.4 Å². The van der Waals surface area contributed by atoms with Gasteiger partial charge in [0.2, 0.25) is 17.7 Å². The quantitative estimate of drug-likeness (QED) is 0.588. The van der Waals surface area contributed by atoms with Crippen LogP contribution in [0.1, 0.15) is 32.8 Å². The third-order valence-corrected chi connectivity index (χ3v) is 4.03. The number of nitrogens with two attached hydrogens (primary N) is 1. The zero-order chi connectivity index (χ0) is 19.7. The van der Waals surface area contributed by atoms with Crippen LogP contribution in [0, 0.1) is 12.8 Å². The zero-order valence-electron chi connectivity index (χ0n) is 16.5. The van der Waals surface area contributed by atoms with Crippen LogP contribution in [0.5, 0.6) is 0 Å². The number of carbonyl (C=O) groups is 3. The SMILES string of the molecule is CCCN(CC(=O)Nc1ccccc1C)C(=O)CNC(=O)[C@@H](N)C(C)C.Cl. The molecule has 4 N–H and O–H groups in total. The van der Waals surface area contributed by atoms with Crippen molar-refractivity contribution >= 4 is 35.8 Å². The first-order valence-electron chi connectivity index (χ1n) is 8.92. The zero-order valence-corrected chi connectivity index (χ0v) is 17.3. The lowest BCUT2D eigenvalue weighted by Gasteiger charge is -2.23. The molecule has 0 heterocycles. The molecule has 1 aromatic carbocycles. The number of rotatable bonds is 9. The largest absolute Gasteiger partial charge is 0.346 e. The minimum absolute atomic E-state index is 0. The van der Waals surface area contributed by atoms with Crippen LogP contribution in [-0.2, 0) is 14.4 Å². The van der Waals surface area contributed by atoms with Gasteiger partial charge in [-0.25, -0.2) is 0 Å². The monoisotopic (exact) mass is 398 g/mol. The second kappa shape index (κ2) is 12.3. The molecule has 8 heteroatoms. The number of hydrogen-bond acceptors (Lipinski definition) is 4. The standard InChI is InChI=1S/C19H30N4O3.ClH/c1-5-10-23(17(25)11-21-19(26)18(20)13(2)3)12-16(24)22-15-9-7-6-8-14(15)4;/h6-9,13,18H,5,10-12,20H2,1-4H3,(H,21,26)(H,22,24);1H/t18-;/m0./s1. The average molecular weight is 399 g/mol. The first-order valence-corrected chi connectivity index (χ1v) is 8.92. The maximum absolute atomic E-state index is 12.4. The lowest BCUT2D eigenvalue weighted by molar-refractivity contribution is -0.135. The molecule has 1 aromatic rings. The molecule has 27 heavy (non-hydrogen) atoms. The Kier molecular flexibility index (Phi) is 11.3. The van der Waals surface area contributed by atoms with E-state index in [1.807, 2.05) is 52.0 Å². The second-order valence-corrected chi connectivity index (χ2v) is 6.67. The van der Waals surface area contributed by atoms with Crippen molar-refractivity contribution in [1.29, 1.82) is 0 Å². The Labute approximate surface area is 167 Å². The summed E-state index contributed by atoms with van der Waals surface area (Å²) in [6.45, 7) is 7.71. The average Bonchev–Trinajstić information content (AvgIpc) is 2.60. The van der Waals surface area contributed by atoms with Crippen molar-refractivity contribution < 1.29 is 14.4 Å². The molecule has 0 radical (unpaired) electrons. The van der Waals surface area contributed by atoms with E-state index in [0.717, 1.165) is 11.3 Å². The number of halogens is 1. The van der Waals surface area contributed by atoms with Crippen molar-refractivity contribution in [2.24, 2.45) is 11.7 Å². The first kappa shape index (κ1) is 24.9. The van der Waals surface area contributed by atoms with Crippen LogP contribution in [0.3, 0.4) is 0 Å². The molecule has 0 aliphatic carbocycles. The Morgan fingerprint density at radius 1 is 1.19 bits per heavy atom. The predicted octanol–water partition coefficient (Wildman–Crippen LogP) is 1.69. The number of anilines is 1. The summed E-state index contributed by atoms with van der Waals surface area (Å²) in [5.41, 5.74) is 7.43. The maximum Gasteiger partial charge on any atom is 0.244 e. The molecule has 1 atom stereocenters. The van der Waals surface area contributed by atoms with Gasteiger partial charge in [0.1, 0.15) is 0 Å². The Morgan fingerprint density at radius 2 is 1.81 bits per heavy atom. The van der Waals surface area contributed by atoms with E-state index >= 15 is 0 Å². The number of amides is 3. The molecule has 152 valence electrons. The molecular formula is C19H31ClN4O3. The van der Waals surface area contributed by atoms with Gasteiger partial charge in [0.15, 0.2) is 0 Å². The molecule has 0 aliphatic heterocycles. The summed E-state index contributed by atoms with van der Waals surface area (Å²) < 4.78 is 0. The molecule has 3 amide bonds. The van der Waals surface area contributed by atoms with Crippen molar-refractivity contribution in [3.63, 3.8) is 0 Å². The highest BCUT2D eigenvalue weighted by Gasteiger charge is 2.21. The van der Waals surface area contributed by atoms with Crippen molar-refractivity contribution in [2.45, 2.75) is 40.2 Å². The number of benzene rings is 1. The molecule has 0 saturated carbocycles. The highest BCUT2D eigenvalue weighted by molar-refractivity contribution is 5.96. The van der Waals surface area contributed by atoms with E-state index in [9.17, 15) is 14.4 Å². The van der Waals surface area contributed by atoms with Crippen LogP contribution in [0.15, 0.2) is 24.3 Å². The van der Waals surface area contributed by atoms with E-state index in [-0.39, 0.29) is 49.1 Å². The summed E-state index contributed by atoms with van der Waals surface area (Å²) in [5, 5.41) is 5.36. The van der Waals surface area contributed by atoms with E-state index in [1.165, 1.54) is 4.90 Å². The van der Waals surface area contributed by atoms with Gasteiger partial charge in [0.05, 0.1) is 19.1 Å². The van der Waals surface area contributed by atoms with Crippen LogP contribution in [0.4, 0.5) is 5.69 Å². The van der Waals surface area contributed by atoms with E-state index in [1.54, 1.807) is 0 Å². The van der Waals surface area contributed by atoms with Gasteiger partial charge in [-0.2, -0.15) is 0 Å². The van der Waals surface area contributed by atoms with Gasteiger partial charge in [-0.3, -0.25) is 14.4 Å². The van der Waals surface area contributed by atoms with E-state index in [2.05, 4.69) is 10.6 Å². The van der Waals surface area contributed by atoms with Gasteiger partial charge in [-0.1, -0.05) is 39.0 Å². The van der Waals surface area contributed by atoms with E-state index in [4.69, 9.17) is 5.73 Å². The van der Waals surface area contributed by atoms with Gasteiger partial charge in [0, 0.05) is 12.2 Å². The summed E-state index contributed by atoms with van der Waals surface area (Å²) in [6.07, 6.45) is 0.711. The molecule has 0 saturated heterocycles.